The van der Waals surface area contributed by atoms with Crippen molar-refractivity contribution in [2.75, 3.05) is 10.1 Å². The molecule has 0 spiro atoms. The number of anilines is 2. The summed E-state index contributed by atoms with van der Waals surface area (Å²) < 4.78 is 40.3. The van der Waals surface area contributed by atoms with Gasteiger partial charge in [0.1, 0.15) is 16.5 Å². The quantitative estimate of drug-likeness (QED) is 0.572. The molecular formula is C11H10BrFN4O2S. The number of para-hydroxylation sites is 1. The third kappa shape index (κ3) is 3.06. The lowest BCUT2D eigenvalue weighted by Gasteiger charge is -2.10. The Kier molecular flexibility index (Phi) is 4.21. The highest BCUT2D eigenvalue weighted by Crippen LogP contribution is 2.27. The standard InChI is InChI=1S/C11H10BrFN4O2S/c12-8-2-1-3-9(13)11(8)17-20(18,19)7-4-5-10(16-14)15-6-7/h1-6,17H,14H2,(H,15,16). The number of hydrazine groups is 1. The topological polar surface area (TPSA) is 97.1 Å². The normalized spacial score (nSPS) is 11.2. The first kappa shape index (κ1) is 14.7. The van der Waals surface area contributed by atoms with Gasteiger partial charge in [0.15, 0.2) is 0 Å². The Labute approximate surface area is 123 Å². The molecule has 0 aliphatic rings. The average Bonchev–Trinajstić information content (AvgIpc) is 2.43. The third-order valence-electron chi connectivity index (χ3n) is 2.39. The van der Waals surface area contributed by atoms with Crippen molar-refractivity contribution >= 4 is 37.5 Å². The number of sulfonamides is 1. The fraction of sp³-hybridized carbons (Fsp3) is 0. The van der Waals surface area contributed by atoms with Gasteiger partial charge < -0.3 is 5.43 Å². The molecule has 9 heteroatoms. The predicted octanol–water partition coefficient (Wildman–Crippen LogP) is 2.07. The molecule has 0 aliphatic heterocycles. The molecule has 0 amide bonds. The van der Waals surface area contributed by atoms with Gasteiger partial charge in [0.2, 0.25) is 0 Å². The molecule has 2 aromatic rings. The molecule has 0 radical (unpaired) electrons. The molecule has 0 saturated heterocycles. The summed E-state index contributed by atoms with van der Waals surface area (Å²) in [5.74, 6) is 4.77. The van der Waals surface area contributed by atoms with Crippen molar-refractivity contribution in [1.82, 2.24) is 4.98 Å². The molecule has 0 atom stereocenters. The van der Waals surface area contributed by atoms with E-state index in [0.717, 1.165) is 12.3 Å². The van der Waals surface area contributed by atoms with E-state index >= 15 is 0 Å². The van der Waals surface area contributed by atoms with Crippen LogP contribution in [-0.4, -0.2) is 13.4 Å². The number of pyridine rings is 1. The Morgan fingerprint density at radius 2 is 2.00 bits per heavy atom. The second kappa shape index (κ2) is 5.73. The highest BCUT2D eigenvalue weighted by molar-refractivity contribution is 9.10. The van der Waals surface area contributed by atoms with Crippen LogP contribution in [0.15, 0.2) is 45.9 Å². The molecule has 4 N–H and O–H groups in total. The SMILES string of the molecule is NNc1ccc(S(=O)(=O)Nc2c(F)cccc2Br)cn1. The first-order valence-electron chi connectivity index (χ1n) is 5.33. The minimum Gasteiger partial charge on any atom is -0.308 e. The van der Waals surface area contributed by atoms with Crippen LogP contribution in [-0.2, 0) is 10.0 Å². The Bertz CT molecular complexity index is 701. The van der Waals surface area contributed by atoms with Crippen molar-refractivity contribution in [3.63, 3.8) is 0 Å². The maximum Gasteiger partial charge on any atom is 0.263 e. The number of halogens is 2. The van der Waals surface area contributed by atoms with Crippen molar-refractivity contribution in [1.29, 1.82) is 0 Å². The van der Waals surface area contributed by atoms with E-state index in [9.17, 15) is 12.8 Å². The van der Waals surface area contributed by atoms with Gasteiger partial charge in [-0.15, -0.1) is 0 Å². The molecule has 20 heavy (non-hydrogen) atoms. The van der Waals surface area contributed by atoms with Gasteiger partial charge in [-0.3, -0.25) is 4.72 Å². The number of aromatic nitrogens is 1. The summed E-state index contributed by atoms with van der Waals surface area (Å²) in [6, 6.07) is 6.84. The van der Waals surface area contributed by atoms with E-state index in [4.69, 9.17) is 5.84 Å². The van der Waals surface area contributed by atoms with Crippen molar-refractivity contribution in [3.8, 4) is 0 Å². The Balaban J connectivity index is 2.35. The summed E-state index contributed by atoms with van der Waals surface area (Å²) >= 11 is 3.09. The summed E-state index contributed by atoms with van der Waals surface area (Å²) in [6.45, 7) is 0. The molecule has 2 rings (SSSR count). The summed E-state index contributed by atoms with van der Waals surface area (Å²) in [7, 11) is -3.93. The molecule has 0 unspecified atom stereocenters. The van der Waals surface area contributed by atoms with E-state index in [0.29, 0.717) is 10.3 Å². The second-order valence-electron chi connectivity index (χ2n) is 3.73. The largest absolute Gasteiger partial charge is 0.308 e. The minimum atomic E-state index is -3.93. The fourth-order valence-corrected chi connectivity index (χ4v) is 3.02. The minimum absolute atomic E-state index is 0.105. The van der Waals surface area contributed by atoms with Crippen LogP contribution >= 0.6 is 15.9 Å². The van der Waals surface area contributed by atoms with Crippen LogP contribution in [0, 0.1) is 5.82 Å². The predicted molar refractivity (Wildman–Crippen MR) is 77.0 cm³/mol. The van der Waals surface area contributed by atoms with Crippen LogP contribution in [0.1, 0.15) is 0 Å². The fourth-order valence-electron chi connectivity index (χ4n) is 1.41. The van der Waals surface area contributed by atoms with Crippen molar-refractivity contribution in [2.45, 2.75) is 4.90 Å². The Morgan fingerprint density at radius 1 is 1.25 bits per heavy atom. The Hall–Kier alpha value is -1.71. The average molecular weight is 361 g/mol. The number of nitrogens with two attached hydrogens (primary N) is 1. The highest BCUT2D eigenvalue weighted by Gasteiger charge is 2.18. The van der Waals surface area contributed by atoms with Crippen molar-refractivity contribution < 1.29 is 12.8 Å². The summed E-state index contributed by atoms with van der Waals surface area (Å²) in [4.78, 5) is 3.68. The van der Waals surface area contributed by atoms with Crippen molar-refractivity contribution in [3.05, 3.63) is 46.8 Å². The van der Waals surface area contributed by atoms with Gasteiger partial charge in [0.25, 0.3) is 10.0 Å². The zero-order chi connectivity index (χ0) is 14.8. The first-order valence-corrected chi connectivity index (χ1v) is 7.61. The maximum atomic E-state index is 13.6. The Morgan fingerprint density at radius 3 is 2.55 bits per heavy atom. The molecule has 1 aromatic carbocycles. The number of nitrogen functional groups attached to an aromatic ring is 1. The van der Waals surface area contributed by atoms with E-state index in [1.165, 1.54) is 24.3 Å². The number of benzene rings is 1. The molecule has 0 saturated carbocycles. The number of rotatable bonds is 4. The van der Waals surface area contributed by atoms with Gasteiger partial charge in [-0.05, 0) is 40.2 Å². The van der Waals surface area contributed by atoms with E-state index in [2.05, 4.69) is 31.1 Å². The molecule has 106 valence electrons. The molecule has 1 aromatic heterocycles. The van der Waals surface area contributed by atoms with E-state index in [1.807, 2.05) is 0 Å². The second-order valence-corrected chi connectivity index (χ2v) is 6.26. The van der Waals surface area contributed by atoms with Gasteiger partial charge >= 0.3 is 0 Å². The number of nitrogens with one attached hydrogen (secondary N) is 2. The zero-order valence-electron chi connectivity index (χ0n) is 9.97. The number of hydrogen-bond acceptors (Lipinski definition) is 5. The van der Waals surface area contributed by atoms with Crippen LogP contribution in [0.4, 0.5) is 15.9 Å². The summed E-state index contributed by atoms with van der Waals surface area (Å²) in [5.41, 5.74) is 2.12. The molecule has 0 fully saturated rings. The van der Waals surface area contributed by atoms with Crippen LogP contribution in [0.25, 0.3) is 0 Å². The van der Waals surface area contributed by atoms with Gasteiger partial charge in [-0.1, -0.05) is 6.07 Å². The lowest BCUT2D eigenvalue weighted by molar-refractivity contribution is 0.598. The zero-order valence-corrected chi connectivity index (χ0v) is 12.4. The molecule has 1 heterocycles. The van der Waals surface area contributed by atoms with Crippen LogP contribution < -0.4 is 16.0 Å². The first-order chi connectivity index (χ1) is 9.44. The van der Waals surface area contributed by atoms with Crippen molar-refractivity contribution in [2.24, 2.45) is 5.84 Å². The number of hydrogen-bond donors (Lipinski definition) is 3. The molecular weight excluding hydrogens is 351 g/mol. The van der Waals surface area contributed by atoms with E-state index in [1.54, 1.807) is 0 Å². The molecule has 0 bridgehead atoms. The van der Waals surface area contributed by atoms with Crippen LogP contribution in [0.3, 0.4) is 0 Å². The highest BCUT2D eigenvalue weighted by atomic mass is 79.9. The monoisotopic (exact) mass is 360 g/mol. The third-order valence-corrected chi connectivity index (χ3v) is 4.39. The van der Waals surface area contributed by atoms with Crippen LogP contribution in [0.2, 0.25) is 0 Å². The number of nitrogens with zero attached hydrogens (tertiary/aromatic N) is 1. The summed E-state index contributed by atoms with van der Waals surface area (Å²) in [6.07, 6.45) is 1.12. The molecule has 0 aliphatic carbocycles. The van der Waals surface area contributed by atoms with Gasteiger partial charge in [-0.25, -0.2) is 23.6 Å². The smallest absolute Gasteiger partial charge is 0.263 e. The van der Waals surface area contributed by atoms with E-state index in [-0.39, 0.29) is 10.6 Å². The van der Waals surface area contributed by atoms with E-state index < -0.39 is 15.8 Å². The molecule has 6 nitrogen and oxygen atoms in total. The lowest BCUT2D eigenvalue weighted by atomic mass is 10.3. The summed E-state index contributed by atoms with van der Waals surface area (Å²) in [5, 5.41) is 0. The maximum absolute atomic E-state index is 13.6. The lowest BCUT2D eigenvalue weighted by Crippen LogP contribution is -2.15. The van der Waals surface area contributed by atoms with Gasteiger partial charge in [0, 0.05) is 10.7 Å². The van der Waals surface area contributed by atoms with Crippen LogP contribution in [0.5, 0.6) is 0 Å². The van der Waals surface area contributed by atoms with Gasteiger partial charge in [-0.2, -0.15) is 0 Å². The van der Waals surface area contributed by atoms with Gasteiger partial charge in [0.05, 0.1) is 5.69 Å².